The minimum atomic E-state index is -0.863. The molecule has 0 saturated carbocycles. The number of methoxy groups -OCH3 is 1. The molecular weight excluding hydrogens is 256 g/mol. The first-order valence-corrected chi connectivity index (χ1v) is 6.19. The normalized spacial score (nSPS) is 20.6. The third-order valence-corrected chi connectivity index (χ3v) is 3.66. The molecule has 6 heteroatoms. The number of nitrogens with two attached hydrogens (primary N) is 1. The Hall–Kier alpha value is -0.880. The summed E-state index contributed by atoms with van der Waals surface area (Å²) in [7, 11) is 1.59. The molecule has 0 aliphatic carbocycles. The molecule has 1 fully saturated rings. The molecule has 0 amide bonds. The Morgan fingerprint density at radius 3 is 2.83 bits per heavy atom. The lowest BCUT2D eigenvalue weighted by Gasteiger charge is -2.40. The van der Waals surface area contributed by atoms with Crippen molar-refractivity contribution in [1.29, 1.82) is 0 Å². The first-order chi connectivity index (χ1) is 8.59. The molecule has 1 atom stereocenters. The number of hydrogen-bond acceptors (Lipinski definition) is 5. The van der Waals surface area contributed by atoms with Crippen molar-refractivity contribution in [1.82, 2.24) is 4.98 Å². The maximum absolute atomic E-state index is 10.5. The lowest BCUT2D eigenvalue weighted by atomic mass is 9.84. The van der Waals surface area contributed by atoms with Crippen LogP contribution in [0.4, 0.5) is 5.82 Å². The van der Waals surface area contributed by atoms with Crippen molar-refractivity contribution in [2.45, 2.75) is 24.5 Å². The van der Waals surface area contributed by atoms with Gasteiger partial charge in [-0.2, -0.15) is 0 Å². The van der Waals surface area contributed by atoms with E-state index in [4.69, 9.17) is 26.8 Å². The van der Waals surface area contributed by atoms with E-state index in [1.165, 1.54) is 6.20 Å². The van der Waals surface area contributed by atoms with E-state index in [0.717, 1.165) is 0 Å². The molecule has 0 spiro atoms. The van der Waals surface area contributed by atoms with Gasteiger partial charge in [-0.25, -0.2) is 4.98 Å². The van der Waals surface area contributed by atoms with Crippen LogP contribution in [0.25, 0.3) is 0 Å². The van der Waals surface area contributed by atoms with Gasteiger partial charge in [-0.05, 0) is 6.07 Å². The van der Waals surface area contributed by atoms with Crippen molar-refractivity contribution in [3.63, 3.8) is 0 Å². The van der Waals surface area contributed by atoms with E-state index in [2.05, 4.69) is 4.98 Å². The zero-order valence-corrected chi connectivity index (χ0v) is 11.0. The third-order valence-electron chi connectivity index (χ3n) is 3.45. The van der Waals surface area contributed by atoms with Crippen molar-refractivity contribution < 1.29 is 14.6 Å². The Labute approximate surface area is 111 Å². The van der Waals surface area contributed by atoms with Crippen molar-refractivity contribution in [2.75, 3.05) is 26.1 Å². The van der Waals surface area contributed by atoms with Crippen molar-refractivity contribution in [3.8, 4) is 0 Å². The van der Waals surface area contributed by atoms with Crippen LogP contribution >= 0.6 is 11.6 Å². The Bertz CT molecular complexity index is 422. The van der Waals surface area contributed by atoms with Crippen LogP contribution < -0.4 is 5.73 Å². The molecule has 0 bridgehead atoms. The highest BCUT2D eigenvalue weighted by Crippen LogP contribution is 2.39. The van der Waals surface area contributed by atoms with E-state index in [1.54, 1.807) is 13.2 Å². The van der Waals surface area contributed by atoms with Crippen LogP contribution in [0.3, 0.4) is 0 Å². The van der Waals surface area contributed by atoms with E-state index in [-0.39, 0.29) is 5.82 Å². The van der Waals surface area contributed by atoms with E-state index in [9.17, 15) is 5.11 Å². The molecule has 1 aliphatic rings. The molecule has 2 rings (SSSR count). The van der Waals surface area contributed by atoms with Gasteiger partial charge in [-0.15, -0.1) is 0 Å². The first kappa shape index (κ1) is 13.5. The number of nitrogen functional groups attached to an aromatic ring is 1. The fraction of sp³-hybridized carbons (Fsp3) is 0.583. The smallest absolute Gasteiger partial charge is 0.129 e. The van der Waals surface area contributed by atoms with Gasteiger partial charge in [0.1, 0.15) is 17.5 Å². The molecule has 1 aliphatic heterocycles. The molecule has 3 N–H and O–H groups in total. The lowest BCUT2D eigenvalue weighted by molar-refractivity contribution is -0.154. The summed E-state index contributed by atoms with van der Waals surface area (Å²) in [5, 5.41) is 11.0. The van der Waals surface area contributed by atoms with Crippen LogP contribution in [0, 0.1) is 0 Å². The van der Waals surface area contributed by atoms with Crippen LogP contribution in [0.5, 0.6) is 0 Å². The summed E-state index contributed by atoms with van der Waals surface area (Å²) in [5.41, 5.74) is 5.62. The fourth-order valence-electron chi connectivity index (χ4n) is 2.27. The van der Waals surface area contributed by atoms with Crippen LogP contribution in [0.2, 0.25) is 5.02 Å². The van der Waals surface area contributed by atoms with Crippen LogP contribution in [-0.4, -0.2) is 36.0 Å². The number of aliphatic hydroxyl groups is 1. The van der Waals surface area contributed by atoms with Crippen molar-refractivity contribution >= 4 is 17.4 Å². The van der Waals surface area contributed by atoms with E-state index < -0.39 is 11.7 Å². The first-order valence-electron chi connectivity index (χ1n) is 5.81. The number of rotatable bonds is 3. The number of hydrogen-bond donors (Lipinski definition) is 2. The van der Waals surface area contributed by atoms with E-state index >= 15 is 0 Å². The molecule has 100 valence electrons. The molecular formula is C12H17ClN2O3. The van der Waals surface area contributed by atoms with Gasteiger partial charge in [-0.1, -0.05) is 11.6 Å². The minimum absolute atomic E-state index is 0.273. The summed E-state index contributed by atoms with van der Waals surface area (Å²) in [6, 6.07) is 1.63. The second-order valence-corrected chi connectivity index (χ2v) is 4.85. The Balaban J connectivity index is 2.33. The Morgan fingerprint density at radius 2 is 2.22 bits per heavy atom. The summed E-state index contributed by atoms with van der Waals surface area (Å²) in [4.78, 5) is 3.96. The maximum atomic E-state index is 10.5. The van der Waals surface area contributed by atoms with Gasteiger partial charge in [-0.3, -0.25) is 0 Å². The summed E-state index contributed by atoms with van der Waals surface area (Å²) >= 11 is 5.89. The quantitative estimate of drug-likeness (QED) is 0.873. The van der Waals surface area contributed by atoms with Crippen molar-refractivity contribution in [3.05, 3.63) is 22.8 Å². The molecule has 18 heavy (non-hydrogen) atoms. The molecule has 1 unspecified atom stereocenters. The second kappa shape index (κ2) is 5.40. The predicted octanol–water partition coefficient (Wildman–Crippen LogP) is 1.55. The Morgan fingerprint density at radius 1 is 1.56 bits per heavy atom. The van der Waals surface area contributed by atoms with Crippen LogP contribution in [0.15, 0.2) is 12.3 Å². The number of ether oxygens (including phenoxy) is 2. The van der Waals surface area contributed by atoms with E-state index in [0.29, 0.717) is 36.6 Å². The number of aliphatic hydroxyl groups excluding tert-OH is 1. The molecule has 1 saturated heterocycles. The molecule has 5 nitrogen and oxygen atoms in total. The highest BCUT2D eigenvalue weighted by molar-refractivity contribution is 6.30. The van der Waals surface area contributed by atoms with Crippen LogP contribution in [-0.2, 0) is 9.47 Å². The monoisotopic (exact) mass is 272 g/mol. The SMILES string of the molecule is COC1(C(O)c2cc(Cl)cnc2N)CCOCC1. The van der Waals surface area contributed by atoms with Gasteiger partial charge in [0.25, 0.3) is 0 Å². The molecule has 1 aromatic heterocycles. The zero-order chi connectivity index (χ0) is 13.2. The minimum Gasteiger partial charge on any atom is -0.385 e. The fourth-order valence-corrected chi connectivity index (χ4v) is 2.44. The lowest BCUT2D eigenvalue weighted by Crippen LogP contribution is -2.44. The number of nitrogens with zero attached hydrogens (tertiary/aromatic N) is 1. The average molecular weight is 273 g/mol. The molecule has 2 heterocycles. The predicted molar refractivity (Wildman–Crippen MR) is 68.4 cm³/mol. The maximum Gasteiger partial charge on any atom is 0.129 e. The van der Waals surface area contributed by atoms with Gasteiger partial charge in [0.05, 0.1) is 5.02 Å². The zero-order valence-electron chi connectivity index (χ0n) is 10.2. The summed E-state index contributed by atoms with van der Waals surface area (Å²) in [6.45, 7) is 1.11. The summed E-state index contributed by atoms with van der Waals surface area (Å²) < 4.78 is 10.8. The van der Waals surface area contributed by atoms with Gasteiger partial charge < -0.3 is 20.3 Å². The van der Waals surface area contributed by atoms with Gasteiger partial charge in [0.2, 0.25) is 0 Å². The third kappa shape index (κ3) is 2.44. The standard InChI is InChI=1S/C12H17ClN2O3/c1-17-12(2-4-18-5-3-12)10(16)9-6-8(13)7-15-11(9)14/h6-7,10,16H,2-5H2,1H3,(H2,14,15). The largest absolute Gasteiger partial charge is 0.385 e. The molecule has 0 radical (unpaired) electrons. The van der Waals surface area contributed by atoms with Gasteiger partial charge in [0, 0.05) is 44.9 Å². The summed E-state index contributed by atoms with van der Waals surface area (Å²) in [5.74, 6) is 0.273. The second-order valence-electron chi connectivity index (χ2n) is 4.41. The summed E-state index contributed by atoms with van der Waals surface area (Å²) in [6.07, 6.45) is 1.81. The topological polar surface area (TPSA) is 77.6 Å². The number of aromatic nitrogens is 1. The average Bonchev–Trinajstić information content (AvgIpc) is 2.41. The van der Waals surface area contributed by atoms with E-state index in [1.807, 2.05) is 0 Å². The van der Waals surface area contributed by atoms with Gasteiger partial charge >= 0.3 is 0 Å². The van der Waals surface area contributed by atoms with Crippen LogP contribution in [0.1, 0.15) is 24.5 Å². The molecule has 1 aromatic rings. The number of halogens is 1. The highest BCUT2D eigenvalue weighted by Gasteiger charge is 2.41. The number of pyridine rings is 1. The highest BCUT2D eigenvalue weighted by atomic mass is 35.5. The van der Waals surface area contributed by atoms with Crippen molar-refractivity contribution in [2.24, 2.45) is 0 Å². The Kier molecular flexibility index (Phi) is 4.07. The molecule has 0 aromatic carbocycles. The number of anilines is 1. The van der Waals surface area contributed by atoms with Gasteiger partial charge in [0.15, 0.2) is 0 Å².